The van der Waals surface area contributed by atoms with Gasteiger partial charge in [-0.1, -0.05) is 58.7 Å². The van der Waals surface area contributed by atoms with Gasteiger partial charge in [0.2, 0.25) is 5.91 Å². The van der Waals surface area contributed by atoms with Crippen molar-refractivity contribution in [2.75, 3.05) is 17.2 Å². The third-order valence-electron chi connectivity index (χ3n) is 4.42. The zero-order chi connectivity index (χ0) is 22.9. The van der Waals surface area contributed by atoms with Crippen molar-refractivity contribution >= 4 is 40.5 Å². The van der Waals surface area contributed by atoms with Gasteiger partial charge >= 0.3 is 0 Å². The predicted octanol–water partition coefficient (Wildman–Crippen LogP) is 5.37. The van der Waals surface area contributed by atoms with Crippen LogP contribution in [0.3, 0.4) is 0 Å². The molecule has 0 heterocycles. The Morgan fingerprint density at radius 1 is 0.968 bits per heavy atom. The second-order valence-electron chi connectivity index (χ2n) is 8.24. The molecule has 0 bridgehead atoms. The number of carbonyl (C=O) groups excluding carboxylic acids is 2. The smallest absolute Gasteiger partial charge is 0.261 e. The molecule has 31 heavy (non-hydrogen) atoms. The monoisotopic (exact) mass is 441 g/mol. The van der Waals surface area contributed by atoms with E-state index >= 15 is 0 Å². The molecule has 0 saturated heterocycles. The van der Waals surface area contributed by atoms with Crippen molar-refractivity contribution in [2.24, 2.45) is 5.41 Å². The maximum absolute atomic E-state index is 12.7. The molecule has 3 N–H and O–H groups in total. The average Bonchev–Trinajstić information content (AvgIpc) is 2.71. The molecule has 0 fully saturated rings. The summed E-state index contributed by atoms with van der Waals surface area (Å²) in [6.45, 7) is 8.23. The number of rotatable bonds is 8. The Bertz CT molecular complexity index is 922. The summed E-state index contributed by atoms with van der Waals surface area (Å²) >= 11 is 5.30. The summed E-state index contributed by atoms with van der Waals surface area (Å²) in [7, 11) is 0. The third kappa shape index (κ3) is 8.02. The van der Waals surface area contributed by atoms with Crippen molar-refractivity contribution < 1.29 is 14.3 Å². The molecule has 7 heteroatoms. The van der Waals surface area contributed by atoms with Gasteiger partial charge in [-0.15, -0.1) is 0 Å². The van der Waals surface area contributed by atoms with Gasteiger partial charge in [-0.2, -0.15) is 0 Å². The van der Waals surface area contributed by atoms with E-state index in [-0.39, 0.29) is 16.9 Å². The summed E-state index contributed by atoms with van der Waals surface area (Å²) in [6, 6.07) is 14.2. The fourth-order valence-electron chi connectivity index (χ4n) is 2.64. The number of thiocarbonyl (C=S) groups is 1. The second kappa shape index (κ2) is 11.5. The molecule has 0 spiro atoms. The van der Waals surface area contributed by atoms with E-state index in [2.05, 4.69) is 22.9 Å². The summed E-state index contributed by atoms with van der Waals surface area (Å²) in [4.78, 5) is 24.9. The van der Waals surface area contributed by atoms with Crippen LogP contribution >= 0.6 is 12.2 Å². The standard InChI is InChI=1S/C24H31N3O3S/c1-5-6-9-15-30-20-14-8-7-13-19(20)21(28)27-23(31)26-18-12-10-11-17(16-18)25-22(29)24(2,3)4/h7-8,10-14,16H,5-6,9,15H2,1-4H3,(H,25,29)(H2,26,27,28,31). The fraction of sp³-hybridized carbons (Fsp3) is 0.375. The van der Waals surface area contributed by atoms with Gasteiger partial charge in [0.1, 0.15) is 5.75 Å². The zero-order valence-electron chi connectivity index (χ0n) is 18.6. The highest BCUT2D eigenvalue weighted by molar-refractivity contribution is 7.80. The van der Waals surface area contributed by atoms with Crippen LogP contribution in [0.5, 0.6) is 5.75 Å². The van der Waals surface area contributed by atoms with Crippen LogP contribution in [-0.4, -0.2) is 23.5 Å². The molecule has 0 aliphatic rings. The number of carbonyl (C=O) groups is 2. The van der Waals surface area contributed by atoms with Gasteiger partial charge in [0.25, 0.3) is 5.91 Å². The Hall–Kier alpha value is -2.93. The Kier molecular flexibility index (Phi) is 9.00. The van der Waals surface area contributed by atoms with Gasteiger partial charge < -0.3 is 15.4 Å². The topological polar surface area (TPSA) is 79.5 Å². The van der Waals surface area contributed by atoms with Crippen LogP contribution in [-0.2, 0) is 4.79 Å². The minimum absolute atomic E-state index is 0.0870. The number of para-hydroxylation sites is 1. The van der Waals surface area contributed by atoms with Crippen molar-refractivity contribution in [1.82, 2.24) is 5.32 Å². The lowest BCUT2D eigenvalue weighted by atomic mass is 9.95. The Morgan fingerprint density at radius 2 is 1.65 bits per heavy atom. The number of hydrogen-bond acceptors (Lipinski definition) is 4. The van der Waals surface area contributed by atoms with E-state index in [1.54, 1.807) is 42.5 Å². The van der Waals surface area contributed by atoms with E-state index in [0.29, 0.717) is 29.3 Å². The normalized spacial score (nSPS) is 10.8. The van der Waals surface area contributed by atoms with Crippen LogP contribution in [0.1, 0.15) is 57.3 Å². The molecule has 0 radical (unpaired) electrons. The minimum Gasteiger partial charge on any atom is -0.493 e. The highest BCUT2D eigenvalue weighted by atomic mass is 32.1. The van der Waals surface area contributed by atoms with E-state index in [9.17, 15) is 9.59 Å². The lowest BCUT2D eigenvalue weighted by molar-refractivity contribution is -0.123. The molecule has 0 atom stereocenters. The van der Waals surface area contributed by atoms with Crippen LogP contribution in [0, 0.1) is 5.41 Å². The second-order valence-corrected chi connectivity index (χ2v) is 8.65. The minimum atomic E-state index is -0.501. The molecule has 2 aromatic rings. The van der Waals surface area contributed by atoms with E-state index in [1.165, 1.54) is 0 Å². The maximum atomic E-state index is 12.7. The number of amides is 2. The first-order valence-electron chi connectivity index (χ1n) is 10.5. The van der Waals surface area contributed by atoms with Crippen LogP contribution in [0.25, 0.3) is 0 Å². The van der Waals surface area contributed by atoms with Gasteiger partial charge in [-0.25, -0.2) is 0 Å². The summed E-state index contributed by atoms with van der Waals surface area (Å²) < 4.78 is 5.78. The summed E-state index contributed by atoms with van der Waals surface area (Å²) in [6.07, 6.45) is 3.12. The summed E-state index contributed by atoms with van der Waals surface area (Å²) in [5.41, 5.74) is 1.22. The van der Waals surface area contributed by atoms with Crippen molar-refractivity contribution in [2.45, 2.75) is 47.0 Å². The van der Waals surface area contributed by atoms with Crippen molar-refractivity contribution in [3.05, 3.63) is 54.1 Å². The molecular weight excluding hydrogens is 410 g/mol. The first-order chi connectivity index (χ1) is 14.7. The largest absolute Gasteiger partial charge is 0.493 e. The quantitative estimate of drug-likeness (QED) is 0.379. The van der Waals surface area contributed by atoms with Crippen LogP contribution in [0.15, 0.2) is 48.5 Å². The maximum Gasteiger partial charge on any atom is 0.261 e. The molecule has 0 saturated carbocycles. The molecule has 0 unspecified atom stereocenters. The average molecular weight is 442 g/mol. The van der Waals surface area contributed by atoms with E-state index in [1.807, 2.05) is 26.8 Å². The predicted molar refractivity (Wildman–Crippen MR) is 130 cm³/mol. The fourth-order valence-corrected chi connectivity index (χ4v) is 2.85. The number of anilines is 2. The molecule has 6 nitrogen and oxygen atoms in total. The summed E-state index contributed by atoms with van der Waals surface area (Å²) in [5.74, 6) is 0.0997. The Balaban J connectivity index is 1.98. The number of nitrogens with one attached hydrogen (secondary N) is 3. The number of benzene rings is 2. The molecule has 0 aromatic heterocycles. The molecule has 0 aliphatic carbocycles. The SMILES string of the molecule is CCCCCOc1ccccc1C(=O)NC(=S)Nc1cccc(NC(=O)C(C)(C)C)c1. The van der Waals surface area contributed by atoms with Crippen molar-refractivity contribution in [1.29, 1.82) is 0 Å². The molecule has 2 amide bonds. The zero-order valence-corrected chi connectivity index (χ0v) is 19.4. The third-order valence-corrected chi connectivity index (χ3v) is 4.63. The molecule has 2 aromatic carbocycles. The number of ether oxygens (including phenoxy) is 1. The number of hydrogen-bond donors (Lipinski definition) is 3. The lowest BCUT2D eigenvalue weighted by Crippen LogP contribution is -2.34. The lowest BCUT2D eigenvalue weighted by Gasteiger charge is -2.18. The van der Waals surface area contributed by atoms with Crippen LogP contribution < -0.4 is 20.7 Å². The highest BCUT2D eigenvalue weighted by Gasteiger charge is 2.21. The highest BCUT2D eigenvalue weighted by Crippen LogP contribution is 2.21. The van der Waals surface area contributed by atoms with Crippen LogP contribution in [0.2, 0.25) is 0 Å². The molecular formula is C24H31N3O3S. The van der Waals surface area contributed by atoms with Gasteiger partial charge in [0, 0.05) is 16.8 Å². The van der Waals surface area contributed by atoms with Gasteiger partial charge in [0.15, 0.2) is 5.11 Å². The van der Waals surface area contributed by atoms with Crippen LogP contribution in [0.4, 0.5) is 11.4 Å². The van der Waals surface area contributed by atoms with Crippen molar-refractivity contribution in [3.8, 4) is 5.75 Å². The molecule has 166 valence electrons. The first kappa shape index (κ1) is 24.3. The van der Waals surface area contributed by atoms with Gasteiger partial charge in [0.05, 0.1) is 12.2 Å². The van der Waals surface area contributed by atoms with E-state index in [4.69, 9.17) is 17.0 Å². The van der Waals surface area contributed by atoms with E-state index < -0.39 is 5.41 Å². The van der Waals surface area contributed by atoms with E-state index in [0.717, 1.165) is 19.3 Å². The molecule has 0 aliphatic heterocycles. The Morgan fingerprint density at radius 3 is 2.32 bits per heavy atom. The number of unbranched alkanes of at least 4 members (excludes halogenated alkanes) is 2. The first-order valence-corrected chi connectivity index (χ1v) is 10.9. The van der Waals surface area contributed by atoms with Gasteiger partial charge in [-0.05, 0) is 49.0 Å². The molecule has 2 rings (SSSR count). The summed E-state index contributed by atoms with van der Waals surface area (Å²) in [5, 5.41) is 8.70. The van der Waals surface area contributed by atoms with Crippen molar-refractivity contribution in [3.63, 3.8) is 0 Å². The Labute approximate surface area is 189 Å². The van der Waals surface area contributed by atoms with Gasteiger partial charge in [-0.3, -0.25) is 14.9 Å².